The van der Waals surface area contributed by atoms with Crippen molar-refractivity contribution in [3.8, 4) is 0 Å². The summed E-state index contributed by atoms with van der Waals surface area (Å²) in [7, 11) is 0. The van der Waals surface area contributed by atoms with E-state index in [0.29, 0.717) is 11.1 Å². The Morgan fingerprint density at radius 2 is 1.80 bits per heavy atom. The van der Waals surface area contributed by atoms with E-state index < -0.39 is 0 Å². The minimum Gasteiger partial charge on any atom is -0.369 e. The number of carbonyl (C=O) groups excluding carboxylic acids is 2. The zero-order valence-electron chi connectivity index (χ0n) is 12.4. The normalized spacial score (nSPS) is 15.5. The monoisotopic (exact) mass is 274 g/mol. The Morgan fingerprint density at radius 1 is 1.15 bits per heavy atom. The Kier molecular flexibility index (Phi) is 4.55. The number of piperazine rings is 1. The van der Waals surface area contributed by atoms with E-state index >= 15 is 0 Å². The predicted molar refractivity (Wildman–Crippen MR) is 80.7 cm³/mol. The third-order valence-electron chi connectivity index (χ3n) is 3.65. The highest BCUT2D eigenvalue weighted by Crippen LogP contribution is 2.23. The summed E-state index contributed by atoms with van der Waals surface area (Å²) < 4.78 is 0. The highest BCUT2D eigenvalue weighted by Gasteiger charge is 2.19. The molecule has 1 aliphatic heterocycles. The van der Waals surface area contributed by atoms with Gasteiger partial charge in [0.25, 0.3) is 0 Å². The molecular formula is C16H22N2O2. The van der Waals surface area contributed by atoms with Crippen LogP contribution in [0.1, 0.15) is 41.5 Å². The third kappa shape index (κ3) is 3.07. The summed E-state index contributed by atoms with van der Waals surface area (Å²) in [4.78, 5) is 26.3. The van der Waals surface area contributed by atoms with Crippen molar-refractivity contribution in [2.75, 3.05) is 31.1 Å². The third-order valence-corrected chi connectivity index (χ3v) is 3.65. The zero-order valence-corrected chi connectivity index (χ0v) is 12.4. The summed E-state index contributed by atoms with van der Waals surface area (Å²) in [5, 5.41) is 3.30. The van der Waals surface area contributed by atoms with E-state index in [-0.39, 0.29) is 17.5 Å². The molecule has 0 amide bonds. The van der Waals surface area contributed by atoms with Gasteiger partial charge in [0.1, 0.15) is 0 Å². The van der Waals surface area contributed by atoms with Gasteiger partial charge in [0.15, 0.2) is 11.6 Å². The van der Waals surface area contributed by atoms with Gasteiger partial charge >= 0.3 is 0 Å². The first-order valence-corrected chi connectivity index (χ1v) is 7.15. The van der Waals surface area contributed by atoms with Gasteiger partial charge in [-0.15, -0.1) is 0 Å². The Bertz CT molecular complexity index is 517. The summed E-state index contributed by atoms with van der Waals surface area (Å²) >= 11 is 0. The average molecular weight is 274 g/mol. The van der Waals surface area contributed by atoms with Crippen LogP contribution in [-0.2, 0) is 0 Å². The smallest absolute Gasteiger partial charge is 0.166 e. The SMILES string of the molecule is CC(=O)c1cc(N2CCNCC2)ccc1C(=O)C(C)C. The number of anilines is 1. The van der Waals surface area contributed by atoms with Crippen molar-refractivity contribution in [2.24, 2.45) is 5.92 Å². The highest BCUT2D eigenvalue weighted by atomic mass is 16.1. The lowest BCUT2D eigenvalue weighted by atomic mass is 9.94. The van der Waals surface area contributed by atoms with E-state index in [0.717, 1.165) is 31.9 Å². The van der Waals surface area contributed by atoms with E-state index in [1.165, 1.54) is 6.92 Å². The zero-order chi connectivity index (χ0) is 14.7. The Hall–Kier alpha value is -1.68. The maximum Gasteiger partial charge on any atom is 0.166 e. The number of hydrogen-bond donors (Lipinski definition) is 1. The molecule has 0 atom stereocenters. The molecule has 0 bridgehead atoms. The van der Waals surface area contributed by atoms with Crippen LogP contribution in [0.4, 0.5) is 5.69 Å². The van der Waals surface area contributed by atoms with Crippen LogP contribution in [0.5, 0.6) is 0 Å². The fraction of sp³-hybridized carbons (Fsp3) is 0.500. The number of ketones is 2. The van der Waals surface area contributed by atoms with Crippen molar-refractivity contribution in [2.45, 2.75) is 20.8 Å². The Labute approximate surface area is 120 Å². The van der Waals surface area contributed by atoms with Gasteiger partial charge in [0, 0.05) is 48.9 Å². The molecule has 1 fully saturated rings. The summed E-state index contributed by atoms with van der Waals surface area (Å²) in [6.45, 7) is 8.98. The number of carbonyl (C=O) groups is 2. The van der Waals surface area contributed by atoms with Crippen LogP contribution >= 0.6 is 0 Å². The molecule has 1 aromatic carbocycles. The lowest BCUT2D eigenvalue weighted by Gasteiger charge is -2.30. The second kappa shape index (κ2) is 6.18. The number of benzene rings is 1. The molecule has 1 aliphatic rings. The second-order valence-corrected chi connectivity index (χ2v) is 5.54. The van der Waals surface area contributed by atoms with Crippen molar-refractivity contribution < 1.29 is 9.59 Å². The molecule has 1 aromatic rings. The molecule has 4 nitrogen and oxygen atoms in total. The molecule has 0 unspecified atom stereocenters. The minimum atomic E-state index is -0.0989. The molecule has 1 heterocycles. The fourth-order valence-electron chi connectivity index (χ4n) is 2.47. The molecule has 1 saturated heterocycles. The number of nitrogens with zero attached hydrogens (tertiary/aromatic N) is 1. The van der Waals surface area contributed by atoms with Crippen molar-refractivity contribution in [3.63, 3.8) is 0 Å². The first kappa shape index (κ1) is 14.7. The van der Waals surface area contributed by atoms with Crippen LogP contribution in [0.15, 0.2) is 18.2 Å². The van der Waals surface area contributed by atoms with Crippen LogP contribution in [0.25, 0.3) is 0 Å². The summed E-state index contributed by atoms with van der Waals surface area (Å²) in [5.41, 5.74) is 2.11. The molecule has 0 aliphatic carbocycles. The molecule has 0 aromatic heterocycles. The summed E-state index contributed by atoms with van der Waals surface area (Å²) in [6, 6.07) is 5.62. The van der Waals surface area contributed by atoms with Crippen molar-refractivity contribution >= 4 is 17.3 Å². The average Bonchev–Trinajstić information content (AvgIpc) is 2.46. The Balaban J connectivity index is 2.36. The molecule has 4 heteroatoms. The van der Waals surface area contributed by atoms with E-state index in [1.54, 1.807) is 6.07 Å². The van der Waals surface area contributed by atoms with Crippen LogP contribution in [-0.4, -0.2) is 37.7 Å². The quantitative estimate of drug-likeness (QED) is 0.855. The summed E-state index contributed by atoms with van der Waals surface area (Å²) in [5.74, 6) is -0.119. The van der Waals surface area contributed by atoms with Crippen LogP contribution < -0.4 is 10.2 Å². The molecule has 108 valence electrons. The second-order valence-electron chi connectivity index (χ2n) is 5.54. The lowest BCUT2D eigenvalue weighted by Crippen LogP contribution is -2.43. The van der Waals surface area contributed by atoms with Gasteiger partial charge in [0.2, 0.25) is 0 Å². The molecule has 0 saturated carbocycles. The van der Waals surface area contributed by atoms with Crippen LogP contribution in [0, 0.1) is 5.92 Å². The number of nitrogens with one attached hydrogen (secondary N) is 1. The Morgan fingerprint density at radius 3 is 2.35 bits per heavy atom. The molecule has 20 heavy (non-hydrogen) atoms. The molecule has 2 rings (SSSR count). The predicted octanol–water partition coefficient (Wildman–Crippen LogP) is 2.14. The van der Waals surface area contributed by atoms with Crippen LogP contribution in [0.3, 0.4) is 0 Å². The number of rotatable bonds is 4. The largest absolute Gasteiger partial charge is 0.369 e. The first-order chi connectivity index (χ1) is 9.50. The maximum atomic E-state index is 12.2. The maximum absolute atomic E-state index is 12.2. The van der Waals surface area contributed by atoms with Gasteiger partial charge in [-0.05, 0) is 25.1 Å². The van der Waals surface area contributed by atoms with Crippen molar-refractivity contribution in [3.05, 3.63) is 29.3 Å². The van der Waals surface area contributed by atoms with E-state index in [2.05, 4.69) is 10.2 Å². The van der Waals surface area contributed by atoms with Gasteiger partial charge in [0.05, 0.1) is 0 Å². The van der Waals surface area contributed by atoms with Gasteiger partial charge in [-0.2, -0.15) is 0 Å². The molecule has 0 spiro atoms. The molecule has 0 radical (unpaired) electrons. The van der Waals surface area contributed by atoms with Gasteiger partial charge in [-0.3, -0.25) is 9.59 Å². The number of Topliss-reactive ketones (excluding diaryl/α,β-unsaturated/α-hetero) is 2. The number of hydrogen-bond acceptors (Lipinski definition) is 4. The summed E-state index contributed by atoms with van der Waals surface area (Å²) in [6.07, 6.45) is 0. The van der Waals surface area contributed by atoms with Gasteiger partial charge in [-0.25, -0.2) is 0 Å². The first-order valence-electron chi connectivity index (χ1n) is 7.15. The van der Waals surface area contributed by atoms with Gasteiger partial charge in [-0.1, -0.05) is 13.8 Å². The van der Waals surface area contributed by atoms with Crippen molar-refractivity contribution in [1.29, 1.82) is 0 Å². The van der Waals surface area contributed by atoms with E-state index in [9.17, 15) is 9.59 Å². The molecule has 1 N–H and O–H groups in total. The van der Waals surface area contributed by atoms with E-state index in [1.807, 2.05) is 26.0 Å². The fourth-order valence-corrected chi connectivity index (χ4v) is 2.47. The van der Waals surface area contributed by atoms with Gasteiger partial charge < -0.3 is 10.2 Å². The van der Waals surface area contributed by atoms with E-state index in [4.69, 9.17) is 0 Å². The lowest BCUT2D eigenvalue weighted by molar-refractivity contribution is 0.0927. The minimum absolute atomic E-state index is 0.0297. The van der Waals surface area contributed by atoms with Crippen LogP contribution in [0.2, 0.25) is 0 Å². The highest BCUT2D eigenvalue weighted by molar-refractivity contribution is 6.09. The molecular weight excluding hydrogens is 252 g/mol. The topological polar surface area (TPSA) is 49.4 Å². The standard InChI is InChI=1S/C16H22N2O2/c1-11(2)16(20)14-5-4-13(10-15(14)12(3)19)18-8-6-17-7-9-18/h4-5,10-11,17H,6-9H2,1-3H3. The van der Waals surface area contributed by atoms with Crippen molar-refractivity contribution in [1.82, 2.24) is 5.32 Å².